The van der Waals surface area contributed by atoms with Gasteiger partial charge in [-0.3, -0.25) is 0 Å². The molecule has 0 bridgehead atoms. The molecule has 2 aromatic rings. The van der Waals surface area contributed by atoms with Crippen LogP contribution in [0.3, 0.4) is 0 Å². The zero-order valence-electron chi connectivity index (χ0n) is 14.2. The lowest BCUT2D eigenvalue weighted by atomic mass is 9.98. The minimum atomic E-state index is -2.97. The summed E-state index contributed by atoms with van der Waals surface area (Å²) in [6, 6.07) is 9.58. The maximum absolute atomic E-state index is 11.1. The van der Waals surface area contributed by atoms with Crippen molar-refractivity contribution >= 4 is 9.84 Å². The number of aromatic nitrogens is 1. The quantitative estimate of drug-likeness (QED) is 0.778. The van der Waals surface area contributed by atoms with E-state index in [0.717, 1.165) is 27.9 Å². The van der Waals surface area contributed by atoms with E-state index in [1.165, 1.54) is 6.26 Å². The first kappa shape index (κ1) is 18.4. The van der Waals surface area contributed by atoms with E-state index in [4.69, 9.17) is 4.74 Å². The number of aliphatic hydroxyl groups is 1. The molecule has 5 nitrogen and oxygen atoms in total. The van der Waals surface area contributed by atoms with Crippen molar-refractivity contribution in [1.82, 2.24) is 4.98 Å². The van der Waals surface area contributed by atoms with Gasteiger partial charge in [-0.2, -0.15) is 0 Å². The molecule has 1 N–H and O–H groups in total. The second kappa shape index (κ2) is 7.77. The summed E-state index contributed by atoms with van der Waals surface area (Å²) in [5.74, 6) is 0.609. The Hall–Kier alpha value is -1.92. The van der Waals surface area contributed by atoms with Crippen molar-refractivity contribution in [3.8, 4) is 17.0 Å². The predicted molar refractivity (Wildman–Crippen MR) is 94.9 cm³/mol. The topological polar surface area (TPSA) is 76.5 Å². The molecular weight excluding hydrogens is 326 g/mol. The number of rotatable bonds is 7. The van der Waals surface area contributed by atoms with Gasteiger partial charge in [-0.1, -0.05) is 18.2 Å². The molecule has 24 heavy (non-hydrogen) atoms. The number of aryl methyl sites for hydroxylation is 2. The van der Waals surface area contributed by atoms with Gasteiger partial charge >= 0.3 is 0 Å². The molecule has 130 valence electrons. The summed E-state index contributed by atoms with van der Waals surface area (Å²) in [6.45, 7) is 4.22. The Bertz CT molecular complexity index is 793. The fraction of sp³-hybridized carbons (Fsp3) is 0.389. The van der Waals surface area contributed by atoms with Gasteiger partial charge in [0.15, 0.2) is 0 Å². The van der Waals surface area contributed by atoms with Gasteiger partial charge in [0.1, 0.15) is 9.84 Å². The van der Waals surface area contributed by atoms with E-state index in [-0.39, 0.29) is 12.4 Å². The Morgan fingerprint density at radius 2 is 1.96 bits per heavy atom. The van der Waals surface area contributed by atoms with Gasteiger partial charge in [0.05, 0.1) is 19.0 Å². The van der Waals surface area contributed by atoms with Gasteiger partial charge in [-0.25, -0.2) is 13.4 Å². The Morgan fingerprint density at radius 3 is 2.58 bits per heavy atom. The highest BCUT2D eigenvalue weighted by molar-refractivity contribution is 7.90. The van der Waals surface area contributed by atoms with Crippen molar-refractivity contribution < 1.29 is 18.3 Å². The van der Waals surface area contributed by atoms with E-state index in [0.29, 0.717) is 18.9 Å². The van der Waals surface area contributed by atoms with Gasteiger partial charge in [-0.05, 0) is 43.0 Å². The largest absolute Gasteiger partial charge is 0.478 e. The van der Waals surface area contributed by atoms with Gasteiger partial charge < -0.3 is 9.84 Å². The molecule has 0 aliphatic rings. The van der Waals surface area contributed by atoms with Gasteiger partial charge in [0, 0.05) is 23.6 Å². The lowest BCUT2D eigenvalue weighted by Gasteiger charge is -2.13. The molecule has 0 saturated carbocycles. The predicted octanol–water partition coefficient (Wildman–Crippen LogP) is 2.67. The number of benzene rings is 1. The summed E-state index contributed by atoms with van der Waals surface area (Å²) in [7, 11) is -2.97. The lowest BCUT2D eigenvalue weighted by Crippen LogP contribution is -2.09. The van der Waals surface area contributed by atoms with Crippen molar-refractivity contribution in [3.05, 3.63) is 47.2 Å². The maximum atomic E-state index is 11.1. The van der Waals surface area contributed by atoms with E-state index >= 15 is 0 Å². The third kappa shape index (κ3) is 5.04. The van der Waals surface area contributed by atoms with Crippen molar-refractivity contribution in [3.63, 3.8) is 0 Å². The normalized spacial score (nSPS) is 11.5. The zero-order chi connectivity index (χ0) is 17.7. The molecule has 0 aliphatic heterocycles. The molecule has 6 heteroatoms. The number of hydrogen-bond donors (Lipinski definition) is 1. The highest BCUT2D eigenvalue weighted by Crippen LogP contribution is 2.29. The van der Waals surface area contributed by atoms with E-state index in [1.807, 2.05) is 44.2 Å². The number of sulfone groups is 1. The summed E-state index contributed by atoms with van der Waals surface area (Å²) in [6.07, 6.45) is 1.66. The first-order valence-corrected chi connectivity index (χ1v) is 9.85. The summed E-state index contributed by atoms with van der Waals surface area (Å²) in [4.78, 5) is 4.47. The second-order valence-electron chi connectivity index (χ2n) is 5.93. The van der Waals surface area contributed by atoms with Crippen molar-refractivity contribution in [1.29, 1.82) is 0 Å². The monoisotopic (exact) mass is 349 g/mol. The SMILES string of the molecule is Cc1cc(OCCCS(C)(=O)=O)nc(C)c1-c1cccc(CO)c1. The standard InChI is InChI=1S/C18H23NO4S/c1-13-10-17(23-8-5-9-24(3,21)22)19-14(2)18(13)16-7-4-6-15(11-16)12-20/h4,6-7,10-11,20H,5,8-9,12H2,1-3H3. The highest BCUT2D eigenvalue weighted by Gasteiger charge is 2.11. The molecule has 0 atom stereocenters. The Morgan fingerprint density at radius 1 is 1.21 bits per heavy atom. The second-order valence-corrected chi connectivity index (χ2v) is 8.19. The van der Waals surface area contributed by atoms with Crippen LogP contribution in [-0.4, -0.2) is 37.1 Å². The van der Waals surface area contributed by atoms with Crippen LogP contribution in [0.25, 0.3) is 11.1 Å². The summed E-state index contributed by atoms with van der Waals surface area (Å²) < 4.78 is 27.8. The van der Waals surface area contributed by atoms with E-state index in [2.05, 4.69) is 4.98 Å². The minimum Gasteiger partial charge on any atom is -0.478 e. The lowest BCUT2D eigenvalue weighted by molar-refractivity contribution is 0.282. The van der Waals surface area contributed by atoms with Gasteiger partial charge in [0.25, 0.3) is 0 Å². The van der Waals surface area contributed by atoms with Crippen molar-refractivity contribution in [2.45, 2.75) is 26.9 Å². The number of ether oxygens (including phenoxy) is 1. The third-order valence-electron chi connectivity index (χ3n) is 3.68. The van der Waals surface area contributed by atoms with Crippen LogP contribution < -0.4 is 4.74 Å². The maximum Gasteiger partial charge on any atom is 0.213 e. The molecular formula is C18H23NO4S. The molecule has 0 radical (unpaired) electrons. The van der Waals surface area contributed by atoms with E-state index in [1.54, 1.807) is 0 Å². The Kier molecular flexibility index (Phi) is 5.96. The molecule has 0 amide bonds. The van der Waals surface area contributed by atoms with E-state index < -0.39 is 9.84 Å². The fourth-order valence-electron chi connectivity index (χ4n) is 2.63. The first-order valence-electron chi connectivity index (χ1n) is 7.79. The van der Waals surface area contributed by atoms with Crippen molar-refractivity contribution in [2.75, 3.05) is 18.6 Å². The van der Waals surface area contributed by atoms with Gasteiger partial charge in [0.2, 0.25) is 5.88 Å². The van der Waals surface area contributed by atoms with E-state index in [9.17, 15) is 13.5 Å². The Balaban J connectivity index is 2.16. The number of pyridine rings is 1. The summed E-state index contributed by atoms with van der Waals surface area (Å²) >= 11 is 0. The molecule has 0 fully saturated rings. The van der Waals surface area contributed by atoms with Crippen molar-refractivity contribution in [2.24, 2.45) is 0 Å². The Labute approximate surface area is 143 Å². The number of aliphatic hydroxyl groups excluding tert-OH is 1. The molecule has 0 spiro atoms. The van der Waals surface area contributed by atoms with Gasteiger partial charge in [-0.15, -0.1) is 0 Å². The van der Waals surface area contributed by atoms with Crippen LogP contribution in [0.2, 0.25) is 0 Å². The zero-order valence-corrected chi connectivity index (χ0v) is 15.1. The molecule has 0 saturated heterocycles. The summed E-state index contributed by atoms with van der Waals surface area (Å²) in [5, 5.41) is 9.29. The average Bonchev–Trinajstić information content (AvgIpc) is 2.50. The smallest absolute Gasteiger partial charge is 0.213 e. The van der Waals surface area contributed by atoms with Crippen LogP contribution >= 0.6 is 0 Å². The van der Waals surface area contributed by atoms with Crippen LogP contribution in [0, 0.1) is 13.8 Å². The number of nitrogens with zero attached hydrogens (tertiary/aromatic N) is 1. The third-order valence-corrected chi connectivity index (χ3v) is 4.71. The van der Waals surface area contributed by atoms with Crippen LogP contribution in [0.15, 0.2) is 30.3 Å². The molecule has 1 heterocycles. The molecule has 2 rings (SSSR count). The summed E-state index contributed by atoms with van der Waals surface area (Å²) in [5.41, 5.74) is 4.74. The first-order chi connectivity index (χ1) is 11.3. The number of hydrogen-bond acceptors (Lipinski definition) is 5. The van der Waals surface area contributed by atoms with Crippen LogP contribution in [0.1, 0.15) is 23.2 Å². The molecule has 1 aromatic heterocycles. The van der Waals surface area contributed by atoms with Crippen LogP contribution in [0.4, 0.5) is 0 Å². The molecule has 1 aromatic carbocycles. The molecule has 0 aliphatic carbocycles. The minimum absolute atomic E-state index is 0.000888. The fourth-order valence-corrected chi connectivity index (χ4v) is 3.27. The highest BCUT2D eigenvalue weighted by atomic mass is 32.2. The van der Waals surface area contributed by atoms with Crippen LogP contribution in [-0.2, 0) is 16.4 Å². The molecule has 0 unspecified atom stereocenters. The van der Waals surface area contributed by atoms with Crippen LogP contribution in [0.5, 0.6) is 5.88 Å². The average molecular weight is 349 g/mol.